The fraction of sp³-hybridized carbons (Fsp3) is 0.250. The summed E-state index contributed by atoms with van der Waals surface area (Å²) in [6.07, 6.45) is 2.46. The van der Waals surface area contributed by atoms with E-state index in [1.165, 1.54) is 4.90 Å². The lowest BCUT2D eigenvalue weighted by atomic mass is 10.0. The summed E-state index contributed by atoms with van der Waals surface area (Å²) >= 11 is 0. The first-order valence-electron chi connectivity index (χ1n) is 10.1. The van der Waals surface area contributed by atoms with Crippen LogP contribution in [0.15, 0.2) is 77.4 Å². The van der Waals surface area contributed by atoms with Gasteiger partial charge in [0, 0.05) is 18.3 Å². The number of nitrogens with two attached hydrogens (primary N) is 1. The lowest BCUT2D eigenvalue weighted by Crippen LogP contribution is -2.87. The highest BCUT2D eigenvalue weighted by Gasteiger charge is 2.23. The van der Waals surface area contributed by atoms with E-state index < -0.39 is 0 Å². The SMILES string of the molecule is CCc1ccccc1NC(=O)CN(C)C(=O)C[NH2+][C@@H](c1ccccc1)c1ccco1. The molecule has 1 aromatic heterocycles. The lowest BCUT2D eigenvalue weighted by molar-refractivity contribution is -0.679. The van der Waals surface area contributed by atoms with E-state index in [2.05, 4.69) is 5.32 Å². The Morgan fingerprint density at radius 3 is 2.47 bits per heavy atom. The summed E-state index contributed by atoms with van der Waals surface area (Å²) in [4.78, 5) is 26.5. The third-order valence-electron chi connectivity index (χ3n) is 5.02. The van der Waals surface area contributed by atoms with Gasteiger partial charge in [0.15, 0.2) is 18.3 Å². The second-order valence-electron chi connectivity index (χ2n) is 7.15. The normalized spacial score (nSPS) is 11.7. The molecule has 0 fully saturated rings. The first-order chi connectivity index (χ1) is 14.6. The maximum absolute atomic E-state index is 12.6. The van der Waals surface area contributed by atoms with Crippen molar-refractivity contribution >= 4 is 17.5 Å². The standard InChI is InChI=1S/C24H27N3O3/c1-3-18-10-7-8-13-20(18)26-22(28)17-27(2)23(29)16-25-24(21-14-9-15-30-21)19-11-5-4-6-12-19/h4-15,24-25H,3,16-17H2,1-2H3,(H,26,28)/p+1/t24-/m0/s1. The number of likely N-dealkylation sites (N-methyl/N-ethyl adjacent to an activating group) is 1. The molecule has 0 saturated carbocycles. The van der Waals surface area contributed by atoms with Crippen LogP contribution in [-0.2, 0) is 16.0 Å². The van der Waals surface area contributed by atoms with E-state index in [-0.39, 0.29) is 30.9 Å². The molecule has 6 nitrogen and oxygen atoms in total. The summed E-state index contributed by atoms with van der Waals surface area (Å²) < 4.78 is 5.58. The summed E-state index contributed by atoms with van der Waals surface area (Å²) in [6.45, 7) is 2.25. The van der Waals surface area contributed by atoms with Crippen molar-refractivity contribution in [1.29, 1.82) is 0 Å². The van der Waals surface area contributed by atoms with Crippen molar-refractivity contribution in [3.63, 3.8) is 0 Å². The Morgan fingerprint density at radius 2 is 1.77 bits per heavy atom. The molecule has 0 aliphatic rings. The lowest BCUT2D eigenvalue weighted by Gasteiger charge is -2.19. The van der Waals surface area contributed by atoms with Crippen LogP contribution in [0.2, 0.25) is 0 Å². The van der Waals surface area contributed by atoms with Crippen LogP contribution < -0.4 is 10.6 Å². The molecule has 6 heteroatoms. The fourth-order valence-electron chi connectivity index (χ4n) is 3.36. The van der Waals surface area contributed by atoms with Gasteiger partial charge in [0.2, 0.25) is 5.91 Å². The minimum absolute atomic E-state index is 0.00147. The van der Waals surface area contributed by atoms with Gasteiger partial charge in [-0.05, 0) is 30.2 Å². The third kappa shape index (κ3) is 5.58. The second kappa shape index (κ2) is 10.4. The quantitative estimate of drug-likeness (QED) is 0.573. The van der Waals surface area contributed by atoms with Crippen molar-refractivity contribution in [3.05, 3.63) is 89.9 Å². The molecule has 0 saturated heterocycles. The van der Waals surface area contributed by atoms with Crippen LogP contribution in [0.1, 0.15) is 29.9 Å². The number of rotatable bonds is 9. The monoisotopic (exact) mass is 406 g/mol. The van der Waals surface area contributed by atoms with E-state index in [9.17, 15) is 9.59 Å². The number of furan rings is 1. The molecule has 2 amide bonds. The van der Waals surface area contributed by atoms with Crippen LogP contribution >= 0.6 is 0 Å². The van der Waals surface area contributed by atoms with Crippen LogP contribution in [-0.4, -0.2) is 36.9 Å². The van der Waals surface area contributed by atoms with Gasteiger partial charge in [0.05, 0.1) is 12.8 Å². The van der Waals surface area contributed by atoms with E-state index in [4.69, 9.17) is 4.42 Å². The van der Waals surface area contributed by atoms with Gasteiger partial charge in [0.25, 0.3) is 5.91 Å². The number of para-hydroxylation sites is 1. The molecule has 0 unspecified atom stereocenters. The smallest absolute Gasteiger partial charge is 0.277 e. The summed E-state index contributed by atoms with van der Waals surface area (Å²) in [5.41, 5.74) is 2.91. The Hall–Kier alpha value is -3.38. The maximum Gasteiger partial charge on any atom is 0.277 e. The van der Waals surface area contributed by atoms with Gasteiger partial charge in [-0.1, -0.05) is 55.5 Å². The zero-order chi connectivity index (χ0) is 21.3. The van der Waals surface area contributed by atoms with Crippen molar-refractivity contribution in [2.24, 2.45) is 0 Å². The minimum Gasteiger partial charge on any atom is -0.463 e. The topological polar surface area (TPSA) is 79.2 Å². The molecule has 3 rings (SSSR count). The minimum atomic E-state index is -0.211. The second-order valence-corrected chi connectivity index (χ2v) is 7.15. The molecule has 1 atom stereocenters. The average Bonchev–Trinajstić information content (AvgIpc) is 3.29. The molecule has 2 aromatic carbocycles. The average molecular weight is 407 g/mol. The molecule has 3 aromatic rings. The molecule has 0 aliphatic carbocycles. The fourth-order valence-corrected chi connectivity index (χ4v) is 3.36. The molecular weight excluding hydrogens is 378 g/mol. The van der Waals surface area contributed by atoms with Gasteiger partial charge < -0.3 is 20.0 Å². The molecule has 30 heavy (non-hydrogen) atoms. The number of carbonyl (C=O) groups excluding carboxylic acids is 2. The summed E-state index contributed by atoms with van der Waals surface area (Å²) in [7, 11) is 1.64. The number of anilines is 1. The van der Waals surface area contributed by atoms with E-state index in [0.717, 1.165) is 29.0 Å². The van der Waals surface area contributed by atoms with Gasteiger partial charge in [-0.3, -0.25) is 9.59 Å². The maximum atomic E-state index is 12.6. The Labute approximate surface area is 176 Å². The molecular formula is C24H28N3O3+. The van der Waals surface area contributed by atoms with E-state index in [0.29, 0.717) is 0 Å². The number of benzene rings is 2. The first kappa shape index (κ1) is 21.3. The zero-order valence-electron chi connectivity index (χ0n) is 17.4. The van der Waals surface area contributed by atoms with Crippen molar-refractivity contribution in [2.45, 2.75) is 19.4 Å². The van der Waals surface area contributed by atoms with E-state index >= 15 is 0 Å². The Morgan fingerprint density at radius 1 is 1.03 bits per heavy atom. The molecule has 0 radical (unpaired) electrons. The molecule has 0 bridgehead atoms. The van der Waals surface area contributed by atoms with Gasteiger partial charge in [-0.2, -0.15) is 0 Å². The van der Waals surface area contributed by atoms with Crippen LogP contribution in [0.4, 0.5) is 5.69 Å². The van der Waals surface area contributed by atoms with Gasteiger partial charge in [-0.15, -0.1) is 0 Å². The van der Waals surface area contributed by atoms with Crippen LogP contribution in [0.25, 0.3) is 0 Å². The summed E-state index contributed by atoms with van der Waals surface area (Å²) in [5, 5.41) is 4.83. The molecule has 156 valence electrons. The van der Waals surface area contributed by atoms with Crippen molar-refractivity contribution in [2.75, 3.05) is 25.5 Å². The van der Waals surface area contributed by atoms with Crippen LogP contribution in [0, 0.1) is 0 Å². The number of quaternary nitrogens is 1. The van der Waals surface area contributed by atoms with Crippen LogP contribution in [0.3, 0.4) is 0 Å². The largest absolute Gasteiger partial charge is 0.463 e. The van der Waals surface area contributed by atoms with Gasteiger partial charge in [-0.25, -0.2) is 0 Å². The Balaban J connectivity index is 1.57. The van der Waals surface area contributed by atoms with Gasteiger partial charge >= 0.3 is 0 Å². The summed E-state index contributed by atoms with van der Waals surface area (Å²) in [5.74, 6) is 0.448. The van der Waals surface area contributed by atoms with Crippen molar-refractivity contribution < 1.29 is 19.3 Å². The van der Waals surface area contributed by atoms with E-state index in [1.54, 1.807) is 13.3 Å². The molecule has 3 N–H and O–H groups in total. The highest BCUT2D eigenvalue weighted by molar-refractivity contribution is 5.95. The third-order valence-corrected chi connectivity index (χ3v) is 5.02. The van der Waals surface area contributed by atoms with Gasteiger partial charge in [0.1, 0.15) is 0 Å². The Bertz CT molecular complexity index is 955. The Kier molecular flexibility index (Phi) is 7.40. The van der Waals surface area contributed by atoms with Crippen molar-refractivity contribution in [1.82, 2.24) is 4.90 Å². The molecule has 0 aliphatic heterocycles. The van der Waals surface area contributed by atoms with Crippen molar-refractivity contribution in [3.8, 4) is 0 Å². The van der Waals surface area contributed by atoms with E-state index in [1.807, 2.05) is 79.0 Å². The molecule has 1 heterocycles. The first-order valence-corrected chi connectivity index (χ1v) is 10.1. The number of aryl methyl sites for hydroxylation is 1. The zero-order valence-corrected chi connectivity index (χ0v) is 17.4. The number of carbonyl (C=O) groups is 2. The summed E-state index contributed by atoms with van der Waals surface area (Å²) in [6, 6.07) is 21.2. The number of amides is 2. The highest BCUT2D eigenvalue weighted by Crippen LogP contribution is 2.18. The molecule has 0 spiro atoms. The number of nitrogens with zero attached hydrogens (tertiary/aromatic N) is 1. The van der Waals surface area contributed by atoms with Crippen LogP contribution in [0.5, 0.6) is 0 Å². The number of hydrogen-bond acceptors (Lipinski definition) is 3. The predicted octanol–water partition coefficient (Wildman–Crippen LogP) is 2.59. The predicted molar refractivity (Wildman–Crippen MR) is 116 cm³/mol. The number of hydrogen-bond donors (Lipinski definition) is 2. The number of nitrogens with one attached hydrogen (secondary N) is 1. The highest BCUT2D eigenvalue weighted by atomic mass is 16.3.